The summed E-state index contributed by atoms with van der Waals surface area (Å²) < 4.78 is 16.3. The molecule has 6 nitrogen and oxygen atoms in total. The van der Waals surface area contributed by atoms with Crippen LogP contribution in [0.1, 0.15) is 57.6 Å². The number of unbranched alkanes of at least 4 members (excludes halogenated alkanes) is 2. The van der Waals surface area contributed by atoms with E-state index in [1.54, 1.807) is 38.1 Å². The van der Waals surface area contributed by atoms with E-state index < -0.39 is 11.6 Å². The lowest BCUT2D eigenvalue weighted by atomic mass is 9.94. The lowest BCUT2D eigenvalue weighted by Gasteiger charge is -2.13. The molecule has 6 heteroatoms. The number of aryl methyl sites for hydroxylation is 2. The van der Waals surface area contributed by atoms with Crippen molar-refractivity contribution < 1.29 is 23.5 Å². The summed E-state index contributed by atoms with van der Waals surface area (Å²) in [4.78, 5) is 36.3. The molecule has 194 valence electrons. The summed E-state index contributed by atoms with van der Waals surface area (Å²) in [6.07, 6.45) is 5.22. The van der Waals surface area contributed by atoms with E-state index in [0.717, 1.165) is 55.0 Å². The van der Waals surface area contributed by atoms with Crippen molar-refractivity contribution in [1.82, 2.24) is 0 Å². The standard InChI is InChI=1S/C31H34O6/c1-6-7-11-26-22(10-8-9-18-35-29(32)20(2)3)12-13-24-19-27(31(34)37-28(24)26)23-14-16-25(17-15-23)36-30(33)21(4)5/h12-17,19H,2,4,6-11,18H2,1,3,5H3. The lowest BCUT2D eigenvalue weighted by molar-refractivity contribution is -0.139. The molecular formula is C31H34O6. The van der Waals surface area contributed by atoms with Gasteiger partial charge in [-0.3, -0.25) is 0 Å². The molecule has 3 aromatic rings. The molecule has 0 aliphatic rings. The highest BCUT2D eigenvalue weighted by Crippen LogP contribution is 2.29. The monoisotopic (exact) mass is 502 g/mol. The number of ether oxygens (including phenoxy) is 2. The van der Waals surface area contributed by atoms with Gasteiger partial charge in [-0.2, -0.15) is 0 Å². The summed E-state index contributed by atoms with van der Waals surface area (Å²) in [6, 6.07) is 12.7. The van der Waals surface area contributed by atoms with E-state index in [4.69, 9.17) is 13.9 Å². The second kappa shape index (κ2) is 12.9. The van der Waals surface area contributed by atoms with E-state index >= 15 is 0 Å². The predicted octanol–water partition coefficient (Wildman–Crippen LogP) is 6.73. The number of benzene rings is 2. The molecule has 1 aromatic heterocycles. The maximum atomic E-state index is 13.0. The quantitative estimate of drug-likeness (QED) is 0.0898. The van der Waals surface area contributed by atoms with Crippen LogP contribution in [0.3, 0.4) is 0 Å². The first-order chi connectivity index (χ1) is 17.7. The average molecular weight is 503 g/mol. The third-order valence-corrected chi connectivity index (χ3v) is 6.03. The van der Waals surface area contributed by atoms with Crippen molar-refractivity contribution in [3.05, 3.63) is 88.3 Å². The number of rotatable bonds is 12. The molecule has 0 saturated carbocycles. The topological polar surface area (TPSA) is 82.8 Å². The maximum absolute atomic E-state index is 13.0. The molecular weight excluding hydrogens is 468 g/mol. The van der Waals surface area contributed by atoms with Gasteiger partial charge in [-0.15, -0.1) is 0 Å². The van der Waals surface area contributed by atoms with E-state index in [0.29, 0.717) is 40.2 Å². The molecule has 0 radical (unpaired) electrons. The van der Waals surface area contributed by atoms with Crippen LogP contribution in [0.4, 0.5) is 0 Å². The number of carbonyl (C=O) groups is 2. The third-order valence-electron chi connectivity index (χ3n) is 6.03. The van der Waals surface area contributed by atoms with Gasteiger partial charge in [0.1, 0.15) is 11.3 Å². The van der Waals surface area contributed by atoms with Gasteiger partial charge in [0.25, 0.3) is 0 Å². The van der Waals surface area contributed by atoms with Crippen molar-refractivity contribution >= 4 is 22.9 Å². The van der Waals surface area contributed by atoms with Crippen molar-refractivity contribution in [3.63, 3.8) is 0 Å². The number of carbonyl (C=O) groups excluding carboxylic acids is 2. The van der Waals surface area contributed by atoms with Gasteiger partial charge in [0.2, 0.25) is 0 Å². The first-order valence-electron chi connectivity index (χ1n) is 12.6. The summed E-state index contributed by atoms with van der Waals surface area (Å²) in [5, 5.41) is 0.859. The summed E-state index contributed by atoms with van der Waals surface area (Å²) in [7, 11) is 0. The molecule has 0 bridgehead atoms. The smallest absolute Gasteiger partial charge is 0.344 e. The molecule has 1 heterocycles. The summed E-state index contributed by atoms with van der Waals surface area (Å²) >= 11 is 0. The Balaban J connectivity index is 1.83. The minimum atomic E-state index is -0.499. The van der Waals surface area contributed by atoms with Crippen molar-refractivity contribution in [1.29, 1.82) is 0 Å². The van der Waals surface area contributed by atoms with Gasteiger partial charge in [0.05, 0.1) is 12.2 Å². The first-order valence-corrected chi connectivity index (χ1v) is 12.6. The van der Waals surface area contributed by atoms with Crippen LogP contribution < -0.4 is 10.4 Å². The molecule has 0 N–H and O–H groups in total. The Labute approximate surface area is 217 Å². The zero-order chi connectivity index (χ0) is 26.9. The van der Waals surface area contributed by atoms with Crippen LogP contribution in [0.5, 0.6) is 5.75 Å². The molecule has 3 rings (SSSR count). The number of fused-ring (bicyclic) bond motifs is 1. The van der Waals surface area contributed by atoms with Crippen LogP contribution in [0, 0.1) is 0 Å². The van der Waals surface area contributed by atoms with Crippen molar-refractivity contribution in [3.8, 4) is 16.9 Å². The Morgan fingerprint density at radius 3 is 2.24 bits per heavy atom. The Morgan fingerprint density at radius 1 is 0.892 bits per heavy atom. The van der Waals surface area contributed by atoms with Gasteiger partial charge in [-0.25, -0.2) is 14.4 Å². The Morgan fingerprint density at radius 2 is 1.59 bits per heavy atom. The summed E-state index contributed by atoms with van der Waals surface area (Å²) in [6.45, 7) is 12.9. The Bertz CT molecular complexity index is 1360. The molecule has 0 aliphatic heterocycles. The first kappa shape index (κ1) is 27.7. The molecule has 2 aromatic carbocycles. The molecule has 0 saturated heterocycles. The fourth-order valence-corrected chi connectivity index (χ4v) is 3.95. The largest absolute Gasteiger partial charge is 0.462 e. The van der Waals surface area contributed by atoms with E-state index in [9.17, 15) is 14.4 Å². The van der Waals surface area contributed by atoms with E-state index in [1.165, 1.54) is 0 Å². The molecule has 0 atom stereocenters. The highest BCUT2D eigenvalue weighted by Gasteiger charge is 2.15. The van der Waals surface area contributed by atoms with Crippen LogP contribution in [0.2, 0.25) is 0 Å². The third kappa shape index (κ3) is 7.29. The number of hydrogen-bond donors (Lipinski definition) is 0. The zero-order valence-electron chi connectivity index (χ0n) is 21.9. The second-order valence-electron chi connectivity index (χ2n) is 9.24. The van der Waals surface area contributed by atoms with Gasteiger partial charge in [0, 0.05) is 16.5 Å². The van der Waals surface area contributed by atoms with Crippen molar-refractivity contribution in [2.75, 3.05) is 6.61 Å². The fourth-order valence-electron chi connectivity index (χ4n) is 3.95. The molecule has 0 fully saturated rings. The fraction of sp³-hybridized carbons (Fsp3) is 0.323. The van der Waals surface area contributed by atoms with Gasteiger partial charge in [-0.1, -0.05) is 50.8 Å². The molecule has 37 heavy (non-hydrogen) atoms. The SMILES string of the molecule is C=C(C)C(=O)OCCCCc1ccc2cc(-c3ccc(OC(=O)C(=C)C)cc3)c(=O)oc2c1CCCC. The van der Waals surface area contributed by atoms with Crippen LogP contribution in [0.25, 0.3) is 22.1 Å². The lowest BCUT2D eigenvalue weighted by Crippen LogP contribution is -2.08. The highest BCUT2D eigenvalue weighted by molar-refractivity contribution is 5.89. The number of hydrogen-bond acceptors (Lipinski definition) is 6. The van der Waals surface area contributed by atoms with Crippen molar-refractivity contribution in [2.45, 2.75) is 59.3 Å². The Hall–Kier alpha value is -3.93. The minimum Gasteiger partial charge on any atom is -0.462 e. The van der Waals surface area contributed by atoms with Crippen LogP contribution >= 0.6 is 0 Å². The van der Waals surface area contributed by atoms with Crippen molar-refractivity contribution in [2.24, 2.45) is 0 Å². The zero-order valence-corrected chi connectivity index (χ0v) is 21.9. The van der Waals surface area contributed by atoms with Gasteiger partial charge in [-0.05, 0) is 80.8 Å². The molecule has 0 spiro atoms. The average Bonchev–Trinajstić information content (AvgIpc) is 2.87. The normalized spacial score (nSPS) is 10.8. The summed E-state index contributed by atoms with van der Waals surface area (Å²) in [5.41, 5.74) is 4.24. The maximum Gasteiger partial charge on any atom is 0.344 e. The molecule has 0 unspecified atom stereocenters. The predicted molar refractivity (Wildman–Crippen MR) is 146 cm³/mol. The molecule has 0 amide bonds. The van der Waals surface area contributed by atoms with Gasteiger partial charge < -0.3 is 13.9 Å². The summed E-state index contributed by atoms with van der Waals surface area (Å²) in [5.74, 6) is -0.487. The van der Waals surface area contributed by atoms with E-state index in [-0.39, 0.29) is 5.97 Å². The minimum absolute atomic E-state index is 0.309. The highest BCUT2D eigenvalue weighted by atomic mass is 16.5. The van der Waals surface area contributed by atoms with Crippen LogP contribution in [-0.2, 0) is 27.2 Å². The molecule has 0 aliphatic carbocycles. The van der Waals surface area contributed by atoms with Gasteiger partial charge >= 0.3 is 17.6 Å². The van der Waals surface area contributed by atoms with Crippen LogP contribution in [-0.4, -0.2) is 18.5 Å². The van der Waals surface area contributed by atoms with E-state index in [2.05, 4.69) is 26.1 Å². The second-order valence-corrected chi connectivity index (χ2v) is 9.24. The van der Waals surface area contributed by atoms with Gasteiger partial charge in [0.15, 0.2) is 0 Å². The number of esters is 2. The Kier molecular flexibility index (Phi) is 9.61. The van der Waals surface area contributed by atoms with E-state index in [1.807, 2.05) is 12.1 Å². The van der Waals surface area contributed by atoms with Crippen LogP contribution in [0.15, 0.2) is 76.0 Å².